The zero-order valence-corrected chi connectivity index (χ0v) is 20.9. The molecule has 0 spiro atoms. The standard InChI is InChI=1S/C29H33N5O2/c1-3-34-19-22(17-30-34)18-33(15-14-24-20-32(2)27-7-5-4-6-25(24)27)28-12-10-23-16-21(8-11-26(23)28)9-13-29(35)31-36/h4-9,11,13,16-17,19-20,28,36H,3,10,12,14-15,18H2,1-2H3,(H,31,35). The molecule has 5 rings (SSSR count). The van der Waals surface area contributed by atoms with Crippen molar-refractivity contribution in [2.75, 3.05) is 6.54 Å². The van der Waals surface area contributed by atoms with Gasteiger partial charge in [-0.2, -0.15) is 5.10 Å². The average Bonchev–Trinajstić information content (AvgIpc) is 3.62. The van der Waals surface area contributed by atoms with Gasteiger partial charge in [-0.05, 0) is 60.6 Å². The van der Waals surface area contributed by atoms with Crippen molar-refractivity contribution < 1.29 is 10.0 Å². The minimum absolute atomic E-state index is 0.332. The number of hydroxylamine groups is 1. The first kappa shape index (κ1) is 24.0. The first-order chi connectivity index (χ1) is 17.6. The van der Waals surface area contributed by atoms with Gasteiger partial charge < -0.3 is 4.57 Å². The van der Waals surface area contributed by atoms with Crippen LogP contribution in [0.25, 0.3) is 17.0 Å². The molecule has 0 bridgehead atoms. The molecule has 1 aliphatic carbocycles. The summed E-state index contributed by atoms with van der Waals surface area (Å²) in [4.78, 5) is 14.0. The molecular formula is C29H33N5O2. The maximum Gasteiger partial charge on any atom is 0.267 e. The summed E-state index contributed by atoms with van der Waals surface area (Å²) in [6, 6.07) is 15.4. The monoisotopic (exact) mass is 483 g/mol. The Balaban J connectivity index is 1.40. The Morgan fingerprint density at radius 1 is 1.25 bits per heavy atom. The molecule has 0 saturated heterocycles. The van der Waals surface area contributed by atoms with Gasteiger partial charge in [0.1, 0.15) is 0 Å². The van der Waals surface area contributed by atoms with Gasteiger partial charge in [-0.15, -0.1) is 0 Å². The number of para-hydroxylation sites is 1. The van der Waals surface area contributed by atoms with E-state index in [1.165, 1.54) is 39.2 Å². The molecule has 0 aliphatic heterocycles. The minimum atomic E-state index is -0.527. The Labute approximate surface area is 211 Å². The smallest absolute Gasteiger partial charge is 0.267 e. The third-order valence-electron chi connectivity index (χ3n) is 7.24. The van der Waals surface area contributed by atoms with Gasteiger partial charge in [0.05, 0.1) is 6.20 Å². The van der Waals surface area contributed by atoms with E-state index in [2.05, 4.69) is 83.4 Å². The highest BCUT2D eigenvalue weighted by Crippen LogP contribution is 2.37. The van der Waals surface area contributed by atoms with Crippen LogP contribution in [0, 0.1) is 0 Å². The third-order valence-corrected chi connectivity index (χ3v) is 7.24. The average molecular weight is 484 g/mol. The summed E-state index contributed by atoms with van der Waals surface area (Å²) in [6.45, 7) is 4.78. The molecular weight excluding hydrogens is 450 g/mol. The van der Waals surface area contributed by atoms with Crippen LogP contribution in [-0.2, 0) is 37.8 Å². The number of aromatic nitrogens is 3. The zero-order valence-electron chi connectivity index (χ0n) is 20.9. The summed E-state index contributed by atoms with van der Waals surface area (Å²) >= 11 is 0. The molecule has 4 aromatic rings. The van der Waals surface area contributed by atoms with Gasteiger partial charge in [-0.1, -0.05) is 36.4 Å². The van der Waals surface area contributed by atoms with E-state index < -0.39 is 5.91 Å². The Morgan fingerprint density at radius 3 is 2.92 bits per heavy atom. The van der Waals surface area contributed by atoms with Gasteiger partial charge in [-0.25, -0.2) is 5.48 Å². The first-order valence-corrected chi connectivity index (χ1v) is 12.6. The van der Waals surface area contributed by atoms with E-state index in [0.717, 1.165) is 44.5 Å². The summed E-state index contributed by atoms with van der Waals surface area (Å²) in [5.41, 5.74) is 9.17. The second-order valence-corrected chi connectivity index (χ2v) is 9.53. The number of benzene rings is 2. The van der Waals surface area contributed by atoms with Crippen LogP contribution in [0.3, 0.4) is 0 Å². The molecule has 36 heavy (non-hydrogen) atoms. The number of fused-ring (bicyclic) bond motifs is 2. The van der Waals surface area contributed by atoms with Crippen molar-refractivity contribution in [3.63, 3.8) is 0 Å². The fraction of sp³-hybridized carbons (Fsp3) is 0.310. The van der Waals surface area contributed by atoms with E-state index in [9.17, 15) is 4.79 Å². The molecule has 2 N–H and O–H groups in total. The van der Waals surface area contributed by atoms with Crippen molar-refractivity contribution in [1.82, 2.24) is 24.7 Å². The predicted molar refractivity (Wildman–Crippen MR) is 141 cm³/mol. The molecule has 1 unspecified atom stereocenters. The second-order valence-electron chi connectivity index (χ2n) is 9.53. The normalized spacial score (nSPS) is 15.3. The van der Waals surface area contributed by atoms with E-state index in [4.69, 9.17) is 5.21 Å². The number of carbonyl (C=O) groups excluding carboxylic acids is 1. The van der Waals surface area contributed by atoms with Gasteiger partial charge in [-0.3, -0.25) is 19.6 Å². The summed E-state index contributed by atoms with van der Waals surface area (Å²) in [7, 11) is 2.12. The number of hydrogen-bond acceptors (Lipinski definition) is 4. The second kappa shape index (κ2) is 10.5. The zero-order chi connectivity index (χ0) is 25.1. The molecule has 0 fully saturated rings. The Kier molecular flexibility index (Phi) is 7.02. The van der Waals surface area contributed by atoms with Crippen LogP contribution in [0.5, 0.6) is 0 Å². The number of carbonyl (C=O) groups is 1. The molecule has 0 saturated carbocycles. The van der Waals surface area contributed by atoms with Crippen LogP contribution in [0.2, 0.25) is 0 Å². The molecule has 1 aliphatic rings. The van der Waals surface area contributed by atoms with E-state index in [1.807, 2.05) is 10.9 Å². The van der Waals surface area contributed by atoms with Gasteiger partial charge in [0, 0.05) is 67.7 Å². The number of rotatable bonds is 9. The van der Waals surface area contributed by atoms with Crippen LogP contribution in [0.4, 0.5) is 0 Å². The van der Waals surface area contributed by atoms with Gasteiger partial charge in [0.2, 0.25) is 0 Å². The lowest BCUT2D eigenvalue weighted by Crippen LogP contribution is -2.29. The van der Waals surface area contributed by atoms with E-state index >= 15 is 0 Å². The molecule has 2 aromatic heterocycles. The maximum atomic E-state index is 11.4. The highest BCUT2D eigenvalue weighted by Gasteiger charge is 2.28. The van der Waals surface area contributed by atoms with E-state index in [-0.39, 0.29) is 0 Å². The van der Waals surface area contributed by atoms with Crippen molar-refractivity contribution >= 4 is 22.9 Å². The number of nitrogens with one attached hydrogen (secondary N) is 1. The summed E-state index contributed by atoms with van der Waals surface area (Å²) < 4.78 is 4.21. The Morgan fingerprint density at radius 2 is 2.11 bits per heavy atom. The third kappa shape index (κ3) is 4.98. The molecule has 0 radical (unpaired) electrons. The minimum Gasteiger partial charge on any atom is -0.350 e. The van der Waals surface area contributed by atoms with Crippen molar-refractivity contribution in [3.05, 3.63) is 94.9 Å². The summed E-state index contributed by atoms with van der Waals surface area (Å²) in [6.07, 6.45) is 12.5. The quantitative estimate of drug-likeness (QED) is 0.207. The molecule has 7 heteroatoms. The number of hydrogen-bond donors (Lipinski definition) is 2. The van der Waals surface area contributed by atoms with Gasteiger partial charge in [0.15, 0.2) is 0 Å². The number of aryl methyl sites for hydroxylation is 3. The van der Waals surface area contributed by atoms with Crippen molar-refractivity contribution in [2.24, 2.45) is 7.05 Å². The van der Waals surface area contributed by atoms with Crippen molar-refractivity contribution in [2.45, 2.75) is 45.3 Å². The van der Waals surface area contributed by atoms with Crippen molar-refractivity contribution in [3.8, 4) is 0 Å². The molecule has 186 valence electrons. The molecule has 1 atom stereocenters. The van der Waals surface area contributed by atoms with Crippen LogP contribution in [0.1, 0.15) is 47.2 Å². The maximum absolute atomic E-state index is 11.4. The molecule has 1 amide bonds. The molecule has 2 heterocycles. The summed E-state index contributed by atoms with van der Waals surface area (Å²) in [5.74, 6) is -0.527. The van der Waals surface area contributed by atoms with Crippen molar-refractivity contribution in [1.29, 1.82) is 0 Å². The SMILES string of the molecule is CCn1cc(CN(CCc2cn(C)c3ccccc23)C2CCc3cc(C=CC(=O)NO)ccc32)cn1. The highest BCUT2D eigenvalue weighted by atomic mass is 16.5. The molecule has 2 aromatic carbocycles. The largest absolute Gasteiger partial charge is 0.350 e. The fourth-order valence-electron chi connectivity index (χ4n) is 5.44. The van der Waals surface area contributed by atoms with E-state index in [1.54, 1.807) is 11.6 Å². The lowest BCUT2D eigenvalue weighted by molar-refractivity contribution is -0.124. The summed E-state index contributed by atoms with van der Waals surface area (Å²) in [5, 5.41) is 14.6. The van der Waals surface area contributed by atoms with E-state index in [0.29, 0.717) is 6.04 Å². The fourth-order valence-corrected chi connectivity index (χ4v) is 5.44. The number of amides is 1. The van der Waals surface area contributed by atoms with Crippen LogP contribution >= 0.6 is 0 Å². The van der Waals surface area contributed by atoms with Crippen LogP contribution < -0.4 is 5.48 Å². The predicted octanol–water partition coefficient (Wildman–Crippen LogP) is 4.65. The molecule has 7 nitrogen and oxygen atoms in total. The van der Waals surface area contributed by atoms with Crippen LogP contribution in [-0.4, -0.2) is 36.9 Å². The Hall–Kier alpha value is -3.68. The lowest BCUT2D eigenvalue weighted by Gasteiger charge is -2.29. The first-order valence-electron chi connectivity index (χ1n) is 12.6. The van der Waals surface area contributed by atoms with Gasteiger partial charge in [0.25, 0.3) is 5.91 Å². The van der Waals surface area contributed by atoms with Crippen LogP contribution in [0.15, 0.2) is 67.1 Å². The lowest BCUT2D eigenvalue weighted by atomic mass is 10.0. The van der Waals surface area contributed by atoms with Gasteiger partial charge >= 0.3 is 0 Å². The highest BCUT2D eigenvalue weighted by molar-refractivity contribution is 5.90. The Bertz CT molecular complexity index is 1400. The topological polar surface area (TPSA) is 75.3 Å². The number of nitrogens with zero attached hydrogens (tertiary/aromatic N) is 4.